The third-order valence-electron chi connectivity index (χ3n) is 11.4. The highest BCUT2D eigenvalue weighted by Crippen LogP contribution is 2.11. The monoisotopic (exact) mass is 1030 g/mol. The summed E-state index contributed by atoms with van der Waals surface area (Å²) in [6, 6.07) is 0. The van der Waals surface area contributed by atoms with Crippen molar-refractivity contribution in [1.29, 1.82) is 0 Å². The van der Waals surface area contributed by atoms with Crippen molar-refractivity contribution in [3.05, 3.63) is 182 Å². The van der Waals surface area contributed by atoms with Gasteiger partial charge in [-0.3, -0.25) is 14.4 Å². The standard InChI is InChI=1S/C69H104O6/c1-4-7-10-13-16-18-20-22-24-25-26-27-28-29-30-31-32-33-34-35-36-37-38-39-40-41-42-43-45-46-48-50-53-56-59-62-68(71)74-65-66(64-73-67(70)61-58-55-52-15-12-9-6-3)75-69(72)63-60-57-54-51-49-47-44-23-21-19-17-14-11-8-5-2/h7-8,10-11,16-19,22-24,26-27,29-30,32-33,35-36,38-39,41-42,44-46,49,51,57,60,66H,4-6,9,12-15,20-21,25,28,31,34,37,40,43,47-48,50,52-56,58-59,61-65H2,1-3H3/b10-7-,11-8-,18-16-,19-17-,24-22-,27-26-,30-29-,33-32-,36-35-,39-38-,42-41-,44-23-,46-45-,51-49-,60-57-. The van der Waals surface area contributed by atoms with E-state index in [1.165, 1.54) is 25.7 Å². The smallest absolute Gasteiger partial charge is 0.310 e. The van der Waals surface area contributed by atoms with Gasteiger partial charge >= 0.3 is 17.9 Å². The van der Waals surface area contributed by atoms with Crippen LogP contribution < -0.4 is 0 Å². The Kier molecular flexibility index (Phi) is 56.6. The molecule has 6 heteroatoms. The maximum Gasteiger partial charge on any atom is 0.310 e. The van der Waals surface area contributed by atoms with Gasteiger partial charge in [-0.2, -0.15) is 0 Å². The summed E-state index contributed by atoms with van der Waals surface area (Å²) in [7, 11) is 0. The Morgan fingerprint density at radius 2 is 0.560 bits per heavy atom. The van der Waals surface area contributed by atoms with E-state index in [1.54, 1.807) is 6.08 Å². The van der Waals surface area contributed by atoms with E-state index in [1.807, 2.05) is 6.08 Å². The second-order valence-corrected chi connectivity index (χ2v) is 18.5. The van der Waals surface area contributed by atoms with E-state index in [9.17, 15) is 14.4 Å². The summed E-state index contributed by atoms with van der Waals surface area (Å²) in [6.45, 7) is 6.23. The van der Waals surface area contributed by atoms with Crippen LogP contribution in [-0.4, -0.2) is 37.2 Å². The fourth-order valence-corrected chi connectivity index (χ4v) is 7.13. The molecule has 75 heavy (non-hydrogen) atoms. The molecule has 0 aromatic heterocycles. The second kappa shape index (κ2) is 61.1. The Balaban J connectivity index is 4.29. The number of esters is 3. The summed E-state index contributed by atoms with van der Waals surface area (Å²) in [5.41, 5.74) is 0. The van der Waals surface area contributed by atoms with Crippen LogP contribution in [0.15, 0.2) is 182 Å². The molecule has 1 atom stereocenters. The van der Waals surface area contributed by atoms with Gasteiger partial charge in [0.25, 0.3) is 0 Å². The van der Waals surface area contributed by atoms with Crippen LogP contribution in [0, 0.1) is 0 Å². The third kappa shape index (κ3) is 59.3. The molecule has 0 aliphatic carbocycles. The number of carbonyl (C=O) groups excluding carboxylic acids is 3. The number of carbonyl (C=O) groups is 3. The van der Waals surface area contributed by atoms with E-state index in [0.29, 0.717) is 19.3 Å². The van der Waals surface area contributed by atoms with E-state index in [-0.39, 0.29) is 31.6 Å². The van der Waals surface area contributed by atoms with Crippen LogP contribution in [0.25, 0.3) is 0 Å². The van der Waals surface area contributed by atoms with E-state index >= 15 is 0 Å². The Bertz CT molecular complexity index is 1800. The van der Waals surface area contributed by atoms with Crippen molar-refractivity contribution in [1.82, 2.24) is 0 Å². The molecule has 0 saturated heterocycles. The summed E-state index contributed by atoms with van der Waals surface area (Å²) in [5, 5.41) is 0. The van der Waals surface area contributed by atoms with Crippen LogP contribution >= 0.6 is 0 Å². The highest BCUT2D eigenvalue weighted by atomic mass is 16.6. The minimum atomic E-state index is -0.849. The molecule has 0 radical (unpaired) electrons. The summed E-state index contributed by atoms with van der Waals surface area (Å²) in [5.74, 6) is -1.11. The van der Waals surface area contributed by atoms with Crippen LogP contribution in [0.3, 0.4) is 0 Å². The van der Waals surface area contributed by atoms with Crippen LogP contribution in [0.1, 0.15) is 213 Å². The Labute approximate surface area is 459 Å². The maximum absolute atomic E-state index is 12.7. The first kappa shape index (κ1) is 69.5. The first-order valence-corrected chi connectivity index (χ1v) is 29.3. The largest absolute Gasteiger partial charge is 0.462 e. The minimum absolute atomic E-state index is 0.0831. The molecule has 6 nitrogen and oxygen atoms in total. The molecule has 0 aromatic carbocycles. The lowest BCUT2D eigenvalue weighted by Gasteiger charge is -2.18. The highest BCUT2D eigenvalue weighted by Gasteiger charge is 2.19. The normalized spacial score (nSPS) is 13.5. The van der Waals surface area contributed by atoms with Crippen LogP contribution in [0.4, 0.5) is 0 Å². The Morgan fingerprint density at radius 1 is 0.293 bits per heavy atom. The quantitative estimate of drug-likeness (QED) is 0.0261. The van der Waals surface area contributed by atoms with Crippen LogP contribution in [-0.2, 0) is 28.6 Å². The van der Waals surface area contributed by atoms with E-state index < -0.39 is 12.1 Å². The summed E-state index contributed by atoms with van der Waals surface area (Å²) in [4.78, 5) is 37.8. The molecular weight excluding hydrogens is 925 g/mol. The molecule has 0 spiro atoms. The van der Waals surface area contributed by atoms with Gasteiger partial charge in [-0.05, 0) is 122 Å². The average molecular weight is 1030 g/mol. The molecule has 416 valence electrons. The van der Waals surface area contributed by atoms with Crippen molar-refractivity contribution in [2.75, 3.05) is 13.2 Å². The molecule has 0 rings (SSSR count). The van der Waals surface area contributed by atoms with E-state index in [0.717, 1.165) is 141 Å². The Hall–Kier alpha value is -5.49. The van der Waals surface area contributed by atoms with Crippen LogP contribution in [0.5, 0.6) is 0 Å². The molecule has 0 bridgehead atoms. The highest BCUT2D eigenvalue weighted by molar-refractivity contribution is 5.72. The van der Waals surface area contributed by atoms with Gasteiger partial charge in [0.2, 0.25) is 0 Å². The summed E-state index contributed by atoms with van der Waals surface area (Å²) < 4.78 is 16.6. The molecule has 0 aromatic rings. The lowest BCUT2D eigenvalue weighted by molar-refractivity contribution is -0.166. The SMILES string of the molecule is CC/C=C\C/C=C\C/C=C\C/C=C\C/C=C\C/C=C\C/C=C\C/C=C\C/C=C\C/C=C\CCCCCCC(=O)OCC(COC(=O)CCCCCCCCC)OC(=O)C/C=C\C/C=C\C/C=C\C/C=C\C/C=C\CC. The van der Waals surface area contributed by atoms with Crippen molar-refractivity contribution < 1.29 is 28.6 Å². The molecule has 0 fully saturated rings. The fraction of sp³-hybridized carbons (Fsp3) is 0.522. The van der Waals surface area contributed by atoms with E-state index in [2.05, 4.69) is 191 Å². The lowest BCUT2D eigenvalue weighted by atomic mass is 10.1. The number of ether oxygens (including phenoxy) is 3. The van der Waals surface area contributed by atoms with Gasteiger partial charge in [-0.15, -0.1) is 0 Å². The average Bonchev–Trinajstić information content (AvgIpc) is 3.41. The van der Waals surface area contributed by atoms with Crippen molar-refractivity contribution >= 4 is 17.9 Å². The fourth-order valence-electron chi connectivity index (χ4n) is 7.13. The van der Waals surface area contributed by atoms with Gasteiger partial charge in [0, 0.05) is 12.8 Å². The molecule has 0 saturated carbocycles. The number of hydrogen-bond acceptors (Lipinski definition) is 6. The summed E-state index contributed by atoms with van der Waals surface area (Å²) in [6.07, 6.45) is 92.3. The van der Waals surface area contributed by atoms with Gasteiger partial charge in [-0.1, -0.05) is 254 Å². The second-order valence-electron chi connectivity index (χ2n) is 18.5. The number of allylic oxidation sites excluding steroid dienone is 29. The molecule has 0 amide bonds. The first-order chi connectivity index (χ1) is 37.0. The van der Waals surface area contributed by atoms with Crippen molar-refractivity contribution in [2.24, 2.45) is 0 Å². The molecule has 0 aliphatic heterocycles. The zero-order valence-corrected chi connectivity index (χ0v) is 47.5. The maximum atomic E-state index is 12.7. The topological polar surface area (TPSA) is 78.9 Å². The van der Waals surface area contributed by atoms with Gasteiger partial charge < -0.3 is 14.2 Å². The molecule has 1 unspecified atom stereocenters. The zero-order valence-electron chi connectivity index (χ0n) is 47.5. The van der Waals surface area contributed by atoms with Crippen molar-refractivity contribution in [2.45, 2.75) is 219 Å². The number of unbranched alkanes of at least 4 members (excludes halogenated alkanes) is 10. The summed E-state index contributed by atoms with van der Waals surface area (Å²) >= 11 is 0. The van der Waals surface area contributed by atoms with Crippen molar-refractivity contribution in [3.8, 4) is 0 Å². The number of hydrogen-bond donors (Lipinski definition) is 0. The van der Waals surface area contributed by atoms with E-state index in [4.69, 9.17) is 14.2 Å². The van der Waals surface area contributed by atoms with Gasteiger partial charge in [0.05, 0.1) is 6.42 Å². The molecule has 0 N–H and O–H groups in total. The van der Waals surface area contributed by atoms with Crippen LogP contribution in [0.2, 0.25) is 0 Å². The van der Waals surface area contributed by atoms with Gasteiger partial charge in [0.15, 0.2) is 6.10 Å². The third-order valence-corrected chi connectivity index (χ3v) is 11.4. The van der Waals surface area contributed by atoms with Gasteiger partial charge in [0.1, 0.15) is 13.2 Å². The van der Waals surface area contributed by atoms with Gasteiger partial charge in [-0.25, -0.2) is 0 Å². The molecular formula is C69H104O6. The predicted octanol–water partition coefficient (Wildman–Crippen LogP) is 20.1. The number of rotatable bonds is 50. The molecule has 0 heterocycles. The lowest BCUT2D eigenvalue weighted by Crippen LogP contribution is -2.30. The first-order valence-electron chi connectivity index (χ1n) is 29.3. The Morgan fingerprint density at radius 3 is 0.880 bits per heavy atom. The molecule has 0 aliphatic rings. The zero-order chi connectivity index (χ0) is 54.3. The minimum Gasteiger partial charge on any atom is -0.462 e. The van der Waals surface area contributed by atoms with Crippen molar-refractivity contribution in [3.63, 3.8) is 0 Å². The predicted molar refractivity (Wildman–Crippen MR) is 324 cm³/mol.